The van der Waals surface area contributed by atoms with E-state index in [0.717, 1.165) is 27.4 Å². The summed E-state index contributed by atoms with van der Waals surface area (Å²) in [5, 5.41) is 3.94. The molecule has 1 aromatic heterocycles. The van der Waals surface area contributed by atoms with E-state index in [2.05, 4.69) is 21.2 Å². The fourth-order valence-electron chi connectivity index (χ4n) is 3.49. The van der Waals surface area contributed by atoms with Crippen molar-refractivity contribution in [3.05, 3.63) is 40.1 Å². The number of aromatic nitrogens is 1. The van der Waals surface area contributed by atoms with E-state index in [9.17, 15) is 14.4 Å². The largest absolute Gasteiger partial charge is 0.468 e. The Morgan fingerprint density at radius 2 is 2.00 bits per heavy atom. The number of amides is 2. The number of likely N-dealkylation sites (N-methyl/N-ethyl adjacent to an activating group) is 1. The van der Waals surface area contributed by atoms with Crippen LogP contribution in [0.4, 0.5) is 0 Å². The van der Waals surface area contributed by atoms with Crippen LogP contribution in [0.2, 0.25) is 0 Å². The van der Waals surface area contributed by atoms with Crippen molar-refractivity contribution in [2.45, 2.75) is 13.0 Å². The fourth-order valence-corrected chi connectivity index (χ4v) is 4.10. The van der Waals surface area contributed by atoms with Gasteiger partial charge in [-0.3, -0.25) is 19.3 Å². The van der Waals surface area contributed by atoms with Crippen molar-refractivity contribution in [1.82, 2.24) is 19.7 Å². The third-order valence-electron chi connectivity index (χ3n) is 5.17. The molecule has 1 saturated heterocycles. The molecule has 0 spiro atoms. The quantitative estimate of drug-likeness (QED) is 0.227. The van der Waals surface area contributed by atoms with Crippen LogP contribution in [0.25, 0.3) is 17.0 Å². The maximum absolute atomic E-state index is 12.8. The Kier molecular flexibility index (Phi) is 8.22. The molecule has 2 aromatic rings. The molecule has 33 heavy (non-hydrogen) atoms. The molecule has 3 rings (SSSR count). The van der Waals surface area contributed by atoms with E-state index in [1.165, 1.54) is 16.9 Å². The molecule has 0 atom stereocenters. The molecule has 2 amide bonds. The van der Waals surface area contributed by atoms with Crippen molar-refractivity contribution >= 4 is 68.0 Å². The summed E-state index contributed by atoms with van der Waals surface area (Å²) in [6, 6.07) is 5.71. The van der Waals surface area contributed by atoms with Gasteiger partial charge in [-0.25, -0.2) is 0 Å². The highest BCUT2D eigenvalue weighted by Gasteiger charge is 2.37. The topological polar surface area (TPSA) is 93.1 Å². The van der Waals surface area contributed by atoms with Gasteiger partial charge in [-0.2, -0.15) is 0 Å². The summed E-state index contributed by atoms with van der Waals surface area (Å²) in [5.41, 5.74) is 1.81. The lowest BCUT2D eigenvalue weighted by Crippen LogP contribution is -2.33. The van der Waals surface area contributed by atoms with Crippen molar-refractivity contribution in [2.75, 3.05) is 41.0 Å². The molecule has 0 bridgehead atoms. The molecule has 1 fully saturated rings. The second kappa shape index (κ2) is 10.9. The monoisotopic (exact) mass is 536 g/mol. The third-order valence-corrected chi connectivity index (χ3v) is 6.16. The Morgan fingerprint density at radius 3 is 2.70 bits per heavy atom. The molecular weight excluding hydrogens is 512 g/mol. The lowest BCUT2D eigenvalue weighted by molar-refractivity contribution is -0.140. The predicted octanol–water partition coefficient (Wildman–Crippen LogP) is 2.13. The van der Waals surface area contributed by atoms with Gasteiger partial charge >= 0.3 is 5.97 Å². The number of hydrogen-bond acceptors (Lipinski definition) is 6. The Balaban J connectivity index is 1.96. The number of nitrogens with one attached hydrogen (secondary N) is 1. The first kappa shape index (κ1) is 24.9. The summed E-state index contributed by atoms with van der Waals surface area (Å²) in [6.45, 7) is 1.04. The number of rotatable bonds is 9. The number of methoxy groups -OCH3 is 2. The first-order chi connectivity index (χ1) is 15.8. The first-order valence-corrected chi connectivity index (χ1v) is 11.4. The van der Waals surface area contributed by atoms with Crippen LogP contribution >= 0.6 is 28.1 Å². The average molecular weight is 537 g/mol. The first-order valence-electron chi connectivity index (χ1n) is 10.2. The van der Waals surface area contributed by atoms with Crippen molar-refractivity contribution in [2.24, 2.45) is 0 Å². The average Bonchev–Trinajstić information content (AvgIpc) is 3.21. The number of halogens is 1. The van der Waals surface area contributed by atoms with Crippen molar-refractivity contribution < 1.29 is 23.9 Å². The maximum Gasteiger partial charge on any atom is 0.325 e. The number of ether oxygens (including phenoxy) is 2. The van der Waals surface area contributed by atoms with Gasteiger partial charge in [0.05, 0.1) is 7.11 Å². The Bertz CT molecular complexity index is 1130. The SMILES string of the molecule is COCCCNC(=O)Cn1cc(/C=C2/C(=O)N(C)C(=S)N2CC(=O)OC)c2cc(Br)ccc21. The zero-order valence-electron chi connectivity index (χ0n) is 18.6. The van der Waals surface area contributed by atoms with E-state index in [4.69, 9.17) is 21.7 Å². The van der Waals surface area contributed by atoms with E-state index in [-0.39, 0.29) is 35.7 Å². The van der Waals surface area contributed by atoms with Crippen LogP contribution in [-0.4, -0.2) is 78.2 Å². The van der Waals surface area contributed by atoms with E-state index >= 15 is 0 Å². The van der Waals surface area contributed by atoms with Crippen LogP contribution in [0.15, 0.2) is 34.6 Å². The number of carbonyl (C=O) groups is 3. The minimum absolute atomic E-state index is 0.117. The molecule has 0 saturated carbocycles. The van der Waals surface area contributed by atoms with Gasteiger partial charge in [0.2, 0.25) is 5.91 Å². The van der Waals surface area contributed by atoms with Crippen LogP contribution in [0.5, 0.6) is 0 Å². The van der Waals surface area contributed by atoms with Gasteiger partial charge in [-0.15, -0.1) is 0 Å². The zero-order chi connectivity index (χ0) is 24.1. The highest BCUT2D eigenvalue weighted by atomic mass is 79.9. The van der Waals surface area contributed by atoms with Crippen LogP contribution in [0.3, 0.4) is 0 Å². The van der Waals surface area contributed by atoms with E-state index in [1.807, 2.05) is 29.0 Å². The van der Waals surface area contributed by atoms with Gasteiger partial charge < -0.3 is 24.3 Å². The molecule has 1 aliphatic heterocycles. The summed E-state index contributed by atoms with van der Waals surface area (Å²) in [4.78, 5) is 39.9. The molecule has 11 heteroatoms. The van der Waals surface area contributed by atoms with E-state index in [1.54, 1.807) is 20.2 Å². The Hall–Kier alpha value is -2.76. The highest BCUT2D eigenvalue weighted by Crippen LogP contribution is 2.29. The van der Waals surface area contributed by atoms with Crippen LogP contribution in [-0.2, 0) is 30.4 Å². The minimum atomic E-state index is -0.512. The van der Waals surface area contributed by atoms with Crippen molar-refractivity contribution in [3.8, 4) is 0 Å². The summed E-state index contributed by atoms with van der Waals surface area (Å²) >= 11 is 8.83. The van der Waals surface area contributed by atoms with Crippen molar-refractivity contribution in [3.63, 3.8) is 0 Å². The summed E-state index contributed by atoms with van der Waals surface area (Å²) in [6.07, 6.45) is 4.22. The Labute approximate surface area is 205 Å². The summed E-state index contributed by atoms with van der Waals surface area (Å²) in [5.74, 6) is -0.965. The number of carbonyl (C=O) groups excluding carboxylic acids is 3. The summed E-state index contributed by atoms with van der Waals surface area (Å²) in [7, 11) is 4.46. The normalized spacial score (nSPS) is 15.1. The standard InChI is InChI=1S/C22H25BrN4O5S/c1-25-21(30)18(27(22(25)33)13-20(29)32-3)9-14-11-26(12-19(28)24-7-4-8-31-2)17-6-5-15(23)10-16(14)17/h5-6,9-11H,4,7-8,12-13H2,1-3H3,(H,24,28)/b18-9-. The molecule has 9 nitrogen and oxygen atoms in total. The summed E-state index contributed by atoms with van der Waals surface area (Å²) < 4.78 is 12.4. The lowest BCUT2D eigenvalue weighted by atomic mass is 10.1. The fraction of sp³-hybridized carbons (Fsp3) is 0.364. The number of fused-ring (bicyclic) bond motifs is 1. The van der Waals surface area contributed by atoms with Gasteiger partial charge in [0, 0.05) is 54.4 Å². The smallest absolute Gasteiger partial charge is 0.325 e. The van der Waals surface area contributed by atoms with Crippen molar-refractivity contribution in [1.29, 1.82) is 0 Å². The second-order valence-electron chi connectivity index (χ2n) is 7.41. The van der Waals surface area contributed by atoms with E-state index in [0.29, 0.717) is 13.2 Å². The number of hydrogen-bond donors (Lipinski definition) is 1. The van der Waals surface area contributed by atoms with Crippen LogP contribution < -0.4 is 5.32 Å². The van der Waals surface area contributed by atoms with Gasteiger partial charge in [0.1, 0.15) is 18.8 Å². The van der Waals surface area contributed by atoms with Gasteiger partial charge in [-0.05, 0) is 42.9 Å². The molecule has 0 aliphatic carbocycles. The molecule has 1 aromatic carbocycles. The van der Waals surface area contributed by atoms with Gasteiger partial charge in [0.25, 0.3) is 5.91 Å². The zero-order valence-corrected chi connectivity index (χ0v) is 21.0. The van der Waals surface area contributed by atoms with E-state index < -0.39 is 5.97 Å². The molecule has 176 valence electrons. The number of thiocarbonyl (C=S) groups is 1. The van der Waals surface area contributed by atoms with Gasteiger partial charge in [0.15, 0.2) is 5.11 Å². The highest BCUT2D eigenvalue weighted by molar-refractivity contribution is 9.10. The predicted molar refractivity (Wildman–Crippen MR) is 131 cm³/mol. The van der Waals surface area contributed by atoms with Crippen LogP contribution in [0, 0.1) is 0 Å². The number of esters is 1. The molecular formula is C22H25BrN4O5S. The molecule has 0 unspecified atom stereocenters. The van der Waals surface area contributed by atoms with Gasteiger partial charge in [-0.1, -0.05) is 15.9 Å². The number of benzene rings is 1. The minimum Gasteiger partial charge on any atom is -0.468 e. The number of nitrogens with zero attached hydrogens (tertiary/aromatic N) is 3. The van der Waals surface area contributed by atoms with Crippen LogP contribution in [0.1, 0.15) is 12.0 Å². The lowest BCUT2D eigenvalue weighted by Gasteiger charge is -2.16. The maximum atomic E-state index is 12.8. The molecule has 1 aliphatic rings. The molecule has 1 N–H and O–H groups in total. The Morgan fingerprint density at radius 1 is 1.24 bits per heavy atom. The third kappa shape index (κ3) is 5.60. The molecule has 2 heterocycles. The second-order valence-corrected chi connectivity index (χ2v) is 8.69. The molecule has 0 radical (unpaired) electrons.